The number of amides is 1. The Morgan fingerprint density at radius 1 is 1.18 bits per heavy atom. The minimum absolute atomic E-state index is 0.0290. The Hall–Kier alpha value is -2.38. The number of nitrogens with one attached hydrogen (secondary N) is 1. The summed E-state index contributed by atoms with van der Waals surface area (Å²) in [7, 11) is 0. The van der Waals surface area contributed by atoms with Crippen molar-refractivity contribution in [3.8, 4) is 10.6 Å². The number of anilines is 1. The van der Waals surface area contributed by atoms with Crippen LogP contribution in [0.4, 0.5) is 5.82 Å². The van der Waals surface area contributed by atoms with Gasteiger partial charge >= 0.3 is 0 Å². The van der Waals surface area contributed by atoms with E-state index in [-0.39, 0.29) is 36.7 Å². The average Bonchev–Trinajstić information content (AvgIpc) is 3.53. The third-order valence-corrected chi connectivity index (χ3v) is 8.98. The van der Waals surface area contributed by atoms with Gasteiger partial charge in [0.1, 0.15) is 29.1 Å². The SMILES string of the molecule is CSc1nc(C)c(-c2nc3c(C)nccc3s2)c(N[C@@H]2C[C@H](CN3CCOCC3=O)[C@H]3OC(C)(C)O[C@H]32)n1. The van der Waals surface area contributed by atoms with Gasteiger partial charge in [0.25, 0.3) is 0 Å². The van der Waals surface area contributed by atoms with Crippen LogP contribution in [0.15, 0.2) is 17.4 Å². The third kappa shape index (κ3) is 4.77. The zero-order valence-corrected chi connectivity index (χ0v) is 23.8. The Bertz CT molecular complexity index is 1380. The standard InChI is InChI=1S/C26H32N6O4S2/c1-13-19(24-30-20-14(2)27-7-6-17(20)38-24)23(31-25(28-13)37-5)29-16-10-15(11-32-8-9-34-12-18(32)33)21-22(16)36-26(3,4)35-21/h6-7,15-16,21-22H,8-12H2,1-5H3,(H,28,29,31)/t15-,16-,21-,22+/m1/s1. The van der Waals surface area contributed by atoms with E-state index in [0.29, 0.717) is 24.9 Å². The largest absolute Gasteiger partial charge is 0.370 e. The molecule has 202 valence electrons. The average molecular weight is 557 g/mol. The fourth-order valence-corrected chi connectivity index (χ4v) is 7.22. The molecule has 1 N–H and O–H groups in total. The maximum absolute atomic E-state index is 12.5. The normalized spacial score (nSPS) is 26.8. The van der Waals surface area contributed by atoms with Crippen molar-refractivity contribution in [2.45, 2.75) is 63.3 Å². The number of carbonyl (C=O) groups is 1. The zero-order chi connectivity index (χ0) is 26.6. The summed E-state index contributed by atoms with van der Waals surface area (Å²) >= 11 is 3.13. The molecule has 0 spiro atoms. The summed E-state index contributed by atoms with van der Waals surface area (Å²) in [6, 6.07) is 1.94. The molecule has 1 saturated carbocycles. The van der Waals surface area contributed by atoms with Crippen molar-refractivity contribution in [3.63, 3.8) is 0 Å². The number of morpholine rings is 1. The number of ether oxygens (including phenoxy) is 3. The van der Waals surface area contributed by atoms with Gasteiger partial charge in [-0.1, -0.05) is 11.8 Å². The molecule has 0 radical (unpaired) electrons. The number of aryl methyl sites for hydroxylation is 2. The van der Waals surface area contributed by atoms with E-state index in [0.717, 1.165) is 44.4 Å². The van der Waals surface area contributed by atoms with Gasteiger partial charge in [0.2, 0.25) is 5.91 Å². The first kappa shape index (κ1) is 25.9. The van der Waals surface area contributed by atoms with Crippen LogP contribution in [0.2, 0.25) is 0 Å². The number of nitrogens with zero attached hydrogens (tertiary/aromatic N) is 5. The number of thioether (sulfide) groups is 1. The van der Waals surface area contributed by atoms with Gasteiger partial charge in [-0.15, -0.1) is 11.3 Å². The topological polar surface area (TPSA) is 112 Å². The van der Waals surface area contributed by atoms with Crippen LogP contribution in [-0.2, 0) is 19.0 Å². The molecule has 3 aliphatic rings. The molecule has 4 atom stereocenters. The smallest absolute Gasteiger partial charge is 0.248 e. The Labute approximate surface area is 229 Å². The molecule has 5 heterocycles. The van der Waals surface area contributed by atoms with E-state index >= 15 is 0 Å². The first-order valence-corrected chi connectivity index (χ1v) is 14.9. The Kier molecular flexibility index (Phi) is 6.79. The lowest BCUT2D eigenvalue weighted by atomic mass is 10.0. The van der Waals surface area contributed by atoms with Crippen LogP contribution in [-0.4, -0.2) is 87.3 Å². The van der Waals surface area contributed by atoms with E-state index in [1.165, 1.54) is 11.8 Å². The molecule has 12 heteroatoms. The quantitative estimate of drug-likeness (QED) is 0.357. The Morgan fingerprint density at radius 2 is 2.00 bits per heavy atom. The molecule has 38 heavy (non-hydrogen) atoms. The lowest BCUT2D eigenvalue weighted by Gasteiger charge is -2.31. The summed E-state index contributed by atoms with van der Waals surface area (Å²) in [6.07, 6.45) is 4.28. The first-order chi connectivity index (χ1) is 18.2. The molecule has 6 rings (SSSR count). The second-order valence-electron chi connectivity index (χ2n) is 10.5. The molecule has 3 aromatic rings. The molecule has 0 unspecified atom stereocenters. The lowest BCUT2D eigenvalue weighted by molar-refractivity contribution is -0.159. The second-order valence-corrected chi connectivity index (χ2v) is 12.3. The summed E-state index contributed by atoms with van der Waals surface area (Å²) in [5, 5.41) is 5.28. The first-order valence-electron chi connectivity index (χ1n) is 12.9. The highest BCUT2D eigenvalue weighted by atomic mass is 32.2. The summed E-state index contributed by atoms with van der Waals surface area (Å²) in [5.74, 6) is 0.201. The number of fused-ring (bicyclic) bond motifs is 2. The molecule has 0 aromatic carbocycles. The number of pyridine rings is 1. The Balaban J connectivity index is 1.34. The van der Waals surface area contributed by atoms with E-state index in [2.05, 4.69) is 10.3 Å². The molecule has 1 aliphatic carbocycles. The van der Waals surface area contributed by atoms with Gasteiger partial charge in [0, 0.05) is 25.2 Å². The van der Waals surface area contributed by atoms with Gasteiger partial charge in [0.05, 0.1) is 40.4 Å². The molecule has 2 aliphatic heterocycles. The van der Waals surface area contributed by atoms with E-state index in [9.17, 15) is 4.79 Å². The van der Waals surface area contributed by atoms with Crippen LogP contribution < -0.4 is 5.32 Å². The molecule has 0 bridgehead atoms. The lowest BCUT2D eigenvalue weighted by Crippen LogP contribution is -2.45. The molecular formula is C26H32N6O4S2. The highest BCUT2D eigenvalue weighted by molar-refractivity contribution is 7.98. The maximum atomic E-state index is 12.5. The van der Waals surface area contributed by atoms with Gasteiger partial charge in [-0.3, -0.25) is 9.78 Å². The van der Waals surface area contributed by atoms with Gasteiger partial charge in [0.15, 0.2) is 10.9 Å². The number of rotatable bonds is 6. The van der Waals surface area contributed by atoms with Gasteiger partial charge in [-0.2, -0.15) is 0 Å². The molecular weight excluding hydrogens is 524 g/mol. The van der Waals surface area contributed by atoms with Crippen molar-refractivity contribution >= 4 is 45.0 Å². The maximum Gasteiger partial charge on any atom is 0.248 e. The molecule has 3 aromatic heterocycles. The van der Waals surface area contributed by atoms with Crippen LogP contribution in [0.1, 0.15) is 31.7 Å². The second kappa shape index (κ2) is 9.98. The predicted molar refractivity (Wildman–Crippen MR) is 146 cm³/mol. The summed E-state index contributed by atoms with van der Waals surface area (Å²) in [5.41, 5.74) is 3.56. The van der Waals surface area contributed by atoms with E-state index in [1.54, 1.807) is 11.3 Å². The monoisotopic (exact) mass is 556 g/mol. The summed E-state index contributed by atoms with van der Waals surface area (Å²) in [4.78, 5) is 33.3. The van der Waals surface area contributed by atoms with Crippen LogP contribution in [0.5, 0.6) is 0 Å². The number of hydrogen-bond donors (Lipinski definition) is 1. The van der Waals surface area contributed by atoms with Crippen LogP contribution in [0.3, 0.4) is 0 Å². The third-order valence-electron chi connectivity index (χ3n) is 7.40. The highest BCUT2D eigenvalue weighted by Crippen LogP contribution is 2.44. The molecule has 2 saturated heterocycles. The summed E-state index contributed by atoms with van der Waals surface area (Å²) in [6.45, 7) is 9.80. The molecule has 3 fully saturated rings. The van der Waals surface area contributed by atoms with Gasteiger partial charge < -0.3 is 24.4 Å². The number of thiazole rings is 1. The highest BCUT2D eigenvalue weighted by Gasteiger charge is 2.54. The fraction of sp³-hybridized carbons (Fsp3) is 0.577. The van der Waals surface area contributed by atoms with Crippen molar-refractivity contribution in [3.05, 3.63) is 23.7 Å². The van der Waals surface area contributed by atoms with Crippen molar-refractivity contribution in [1.29, 1.82) is 0 Å². The number of hydrogen-bond acceptors (Lipinski definition) is 11. The van der Waals surface area contributed by atoms with Crippen molar-refractivity contribution < 1.29 is 19.0 Å². The summed E-state index contributed by atoms with van der Waals surface area (Å²) < 4.78 is 19.2. The zero-order valence-electron chi connectivity index (χ0n) is 22.2. The van der Waals surface area contributed by atoms with E-state index in [4.69, 9.17) is 29.2 Å². The van der Waals surface area contributed by atoms with E-state index in [1.807, 2.05) is 51.1 Å². The Morgan fingerprint density at radius 3 is 2.76 bits per heavy atom. The van der Waals surface area contributed by atoms with Crippen LogP contribution >= 0.6 is 23.1 Å². The van der Waals surface area contributed by atoms with Crippen molar-refractivity contribution in [2.75, 3.05) is 37.9 Å². The number of aromatic nitrogens is 4. The molecule has 10 nitrogen and oxygen atoms in total. The predicted octanol–water partition coefficient (Wildman–Crippen LogP) is 3.67. The van der Waals surface area contributed by atoms with Gasteiger partial charge in [-0.05, 0) is 46.4 Å². The fourth-order valence-electron chi connectivity index (χ4n) is 5.70. The minimum atomic E-state index is -0.699. The molecule has 1 amide bonds. The van der Waals surface area contributed by atoms with Crippen LogP contribution in [0.25, 0.3) is 20.8 Å². The van der Waals surface area contributed by atoms with Crippen molar-refractivity contribution in [1.82, 2.24) is 24.8 Å². The van der Waals surface area contributed by atoms with Crippen molar-refractivity contribution in [2.24, 2.45) is 5.92 Å². The minimum Gasteiger partial charge on any atom is -0.370 e. The van der Waals surface area contributed by atoms with Crippen LogP contribution in [0, 0.1) is 19.8 Å². The van der Waals surface area contributed by atoms with E-state index < -0.39 is 5.79 Å². The van der Waals surface area contributed by atoms with Gasteiger partial charge in [-0.25, -0.2) is 15.0 Å². The number of carbonyl (C=O) groups excluding carboxylic acids is 1.